The molecule has 1 aromatic heterocycles. The van der Waals surface area contributed by atoms with Crippen LogP contribution < -0.4 is 10.5 Å². The van der Waals surface area contributed by atoms with Gasteiger partial charge < -0.3 is 15.2 Å². The van der Waals surface area contributed by atoms with E-state index in [0.29, 0.717) is 11.7 Å². The predicted octanol–water partition coefficient (Wildman–Crippen LogP) is 0.925. The van der Waals surface area contributed by atoms with Gasteiger partial charge in [0, 0.05) is 12.8 Å². The van der Waals surface area contributed by atoms with Crippen molar-refractivity contribution in [1.82, 2.24) is 9.97 Å². The Kier molecular flexibility index (Phi) is 3.01. The molecule has 0 unspecified atom stereocenters. The van der Waals surface area contributed by atoms with E-state index in [9.17, 15) is 0 Å². The zero-order chi connectivity index (χ0) is 10.7. The van der Waals surface area contributed by atoms with Gasteiger partial charge in [0.1, 0.15) is 18.2 Å². The number of rotatable bonds is 2. The highest BCUT2D eigenvalue weighted by Crippen LogP contribution is 2.21. The number of hydrogen-bond acceptors (Lipinski definition) is 5. The van der Waals surface area contributed by atoms with Gasteiger partial charge in [-0.1, -0.05) is 0 Å². The Morgan fingerprint density at radius 2 is 2.13 bits per heavy atom. The standard InChI is InChI=1S/C10H15N3O2/c1-7-9(11)12-6-13-10(7)15-8-2-4-14-5-3-8/h6,8H,2-5H2,1H3,(H2,11,12,13). The van der Waals surface area contributed by atoms with E-state index in [4.69, 9.17) is 15.2 Å². The lowest BCUT2D eigenvalue weighted by Gasteiger charge is -2.23. The molecule has 0 amide bonds. The molecule has 0 aliphatic carbocycles. The van der Waals surface area contributed by atoms with E-state index >= 15 is 0 Å². The van der Waals surface area contributed by atoms with Crippen molar-refractivity contribution in [3.8, 4) is 5.88 Å². The molecule has 0 radical (unpaired) electrons. The van der Waals surface area contributed by atoms with Gasteiger partial charge in [0.05, 0.1) is 18.8 Å². The minimum absolute atomic E-state index is 0.187. The second-order valence-corrected chi connectivity index (χ2v) is 3.62. The van der Waals surface area contributed by atoms with Gasteiger partial charge in [-0.15, -0.1) is 0 Å². The van der Waals surface area contributed by atoms with Crippen LogP contribution in [0.2, 0.25) is 0 Å². The van der Waals surface area contributed by atoms with Gasteiger partial charge >= 0.3 is 0 Å². The third-order valence-corrected chi connectivity index (χ3v) is 2.52. The normalized spacial score (nSPS) is 17.7. The van der Waals surface area contributed by atoms with E-state index < -0.39 is 0 Å². The zero-order valence-electron chi connectivity index (χ0n) is 8.77. The molecule has 2 N–H and O–H groups in total. The number of nitrogens with zero attached hydrogens (tertiary/aromatic N) is 2. The number of hydrogen-bond donors (Lipinski definition) is 1. The lowest BCUT2D eigenvalue weighted by molar-refractivity contribution is 0.0234. The smallest absolute Gasteiger partial charge is 0.221 e. The van der Waals surface area contributed by atoms with Crippen molar-refractivity contribution in [3.05, 3.63) is 11.9 Å². The zero-order valence-corrected chi connectivity index (χ0v) is 8.77. The highest BCUT2D eigenvalue weighted by molar-refractivity contribution is 5.43. The lowest BCUT2D eigenvalue weighted by atomic mass is 10.1. The molecule has 1 fully saturated rings. The fourth-order valence-corrected chi connectivity index (χ4v) is 1.52. The van der Waals surface area contributed by atoms with Gasteiger partial charge in [0.2, 0.25) is 5.88 Å². The second kappa shape index (κ2) is 4.44. The molecule has 2 rings (SSSR count). The highest BCUT2D eigenvalue weighted by atomic mass is 16.5. The van der Waals surface area contributed by atoms with Gasteiger partial charge in [0.15, 0.2) is 0 Å². The largest absolute Gasteiger partial charge is 0.474 e. The van der Waals surface area contributed by atoms with Crippen molar-refractivity contribution >= 4 is 5.82 Å². The summed E-state index contributed by atoms with van der Waals surface area (Å²) in [5, 5.41) is 0. The molecule has 5 nitrogen and oxygen atoms in total. The summed E-state index contributed by atoms with van der Waals surface area (Å²) in [6.07, 6.45) is 3.43. The SMILES string of the molecule is Cc1c(N)ncnc1OC1CCOCC1. The Labute approximate surface area is 88.6 Å². The Balaban J connectivity index is 2.06. The Morgan fingerprint density at radius 3 is 2.87 bits per heavy atom. The van der Waals surface area contributed by atoms with Crippen molar-refractivity contribution in [1.29, 1.82) is 0 Å². The average molecular weight is 209 g/mol. The van der Waals surface area contributed by atoms with Crippen LogP contribution in [0.3, 0.4) is 0 Å². The van der Waals surface area contributed by atoms with Gasteiger partial charge in [-0.25, -0.2) is 9.97 Å². The fourth-order valence-electron chi connectivity index (χ4n) is 1.52. The molecule has 0 saturated carbocycles. The molecular formula is C10H15N3O2. The molecule has 0 aromatic carbocycles. The summed E-state index contributed by atoms with van der Waals surface area (Å²) in [7, 11) is 0. The van der Waals surface area contributed by atoms with Crippen molar-refractivity contribution in [3.63, 3.8) is 0 Å². The maximum absolute atomic E-state index is 5.76. The van der Waals surface area contributed by atoms with Crippen molar-refractivity contribution in [2.45, 2.75) is 25.9 Å². The highest BCUT2D eigenvalue weighted by Gasteiger charge is 2.17. The Bertz CT molecular complexity index is 337. The van der Waals surface area contributed by atoms with Crippen LogP contribution in [0.5, 0.6) is 5.88 Å². The van der Waals surface area contributed by atoms with Crippen LogP contribution in [-0.2, 0) is 4.74 Å². The quantitative estimate of drug-likeness (QED) is 0.784. The van der Waals surface area contributed by atoms with Crippen LogP contribution in [0.25, 0.3) is 0 Å². The summed E-state index contributed by atoms with van der Waals surface area (Å²) < 4.78 is 11.0. The molecule has 1 aliphatic heterocycles. The van der Waals surface area contributed by atoms with Gasteiger partial charge in [0.25, 0.3) is 0 Å². The van der Waals surface area contributed by atoms with Gasteiger partial charge in [-0.2, -0.15) is 0 Å². The minimum atomic E-state index is 0.187. The minimum Gasteiger partial charge on any atom is -0.474 e. The van der Waals surface area contributed by atoms with Crippen molar-refractivity contribution in [2.24, 2.45) is 0 Å². The van der Waals surface area contributed by atoms with Crippen LogP contribution >= 0.6 is 0 Å². The van der Waals surface area contributed by atoms with Gasteiger partial charge in [-0.05, 0) is 6.92 Å². The summed E-state index contributed by atoms with van der Waals surface area (Å²) in [6.45, 7) is 3.37. The Morgan fingerprint density at radius 1 is 1.40 bits per heavy atom. The lowest BCUT2D eigenvalue weighted by Crippen LogP contribution is -2.26. The molecule has 1 saturated heterocycles. The third kappa shape index (κ3) is 2.36. The summed E-state index contributed by atoms with van der Waals surface area (Å²) in [5.41, 5.74) is 6.48. The summed E-state index contributed by atoms with van der Waals surface area (Å²) in [6, 6.07) is 0. The van der Waals surface area contributed by atoms with E-state index in [1.807, 2.05) is 6.92 Å². The fraction of sp³-hybridized carbons (Fsp3) is 0.600. The molecule has 1 aliphatic rings. The molecule has 0 spiro atoms. The monoisotopic (exact) mass is 209 g/mol. The average Bonchev–Trinajstić information content (AvgIpc) is 2.26. The Hall–Kier alpha value is -1.36. The molecule has 0 atom stereocenters. The third-order valence-electron chi connectivity index (χ3n) is 2.52. The molecular weight excluding hydrogens is 194 g/mol. The molecule has 2 heterocycles. The summed E-state index contributed by atoms with van der Waals surface area (Å²) >= 11 is 0. The van der Waals surface area contributed by atoms with Crippen molar-refractivity contribution in [2.75, 3.05) is 18.9 Å². The first kappa shape index (κ1) is 10.2. The topological polar surface area (TPSA) is 70.3 Å². The van der Waals surface area contributed by atoms with E-state index in [2.05, 4.69) is 9.97 Å². The van der Waals surface area contributed by atoms with E-state index in [1.165, 1.54) is 6.33 Å². The molecule has 5 heteroatoms. The summed E-state index contributed by atoms with van der Waals surface area (Å²) in [4.78, 5) is 7.97. The maximum atomic E-state index is 5.76. The van der Waals surface area contributed by atoms with Crippen LogP contribution in [0.1, 0.15) is 18.4 Å². The first-order valence-corrected chi connectivity index (χ1v) is 5.09. The number of anilines is 1. The van der Waals surface area contributed by atoms with E-state index in [-0.39, 0.29) is 6.10 Å². The maximum Gasteiger partial charge on any atom is 0.221 e. The van der Waals surface area contributed by atoms with Crippen LogP contribution in [0, 0.1) is 6.92 Å². The van der Waals surface area contributed by atoms with Crippen LogP contribution in [-0.4, -0.2) is 29.3 Å². The van der Waals surface area contributed by atoms with Crippen LogP contribution in [0.4, 0.5) is 5.82 Å². The molecule has 0 bridgehead atoms. The summed E-state index contributed by atoms with van der Waals surface area (Å²) in [5.74, 6) is 1.07. The molecule has 1 aromatic rings. The van der Waals surface area contributed by atoms with Crippen LogP contribution in [0.15, 0.2) is 6.33 Å². The first-order chi connectivity index (χ1) is 7.27. The molecule has 82 valence electrons. The predicted molar refractivity (Wildman–Crippen MR) is 55.7 cm³/mol. The van der Waals surface area contributed by atoms with E-state index in [0.717, 1.165) is 31.6 Å². The second-order valence-electron chi connectivity index (χ2n) is 3.62. The number of nitrogen functional groups attached to an aromatic ring is 1. The molecule has 15 heavy (non-hydrogen) atoms. The van der Waals surface area contributed by atoms with Crippen molar-refractivity contribution < 1.29 is 9.47 Å². The number of aromatic nitrogens is 2. The first-order valence-electron chi connectivity index (χ1n) is 5.09. The van der Waals surface area contributed by atoms with E-state index in [1.54, 1.807) is 0 Å². The van der Waals surface area contributed by atoms with Gasteiger partial charge in [-0.3, -0.25) is 0 Å². The number of nitrogens with two attached hydrogens (primary N) is 1. The number of ether oxygens (including phenoxy) is 2.